The van der Waals surface area contributed by atoms with E-state index in [9.17, 15) is 13.2 Å². The van der Waals surface area contributed by atoms with E-state index in [1.54, 1.807) is 30.3 Å². The van der Waals surface area contributed by atoms with Gasteiger partial charge in [-0.05, 0) is 18.2 Å². The van der Waals surface area contributed by atoms with Gasteiger partial charge in [-0.2, -0.15) is 0 Å². The fourth-order valence-corrected chi connectivity index (χ4v) is 2.29. The molecule has 0 radical (unpaired) electrons. The van der Waals surface area contributed by atoms with Crippen molar-refractivity contribution in [2.75, 3.05) is 30.2 Å². The lowest BCUT2D eigenvalue weighted by Crippen LogP contribution is -2.42. The quantitative estimate of drug-likeness (QED) is 0.797. The smallest absolute Gasteiger partial charge is 0.410 e. The van der Waals surface area contributed by atoms with Gasteiger partial charge < -0.3 is 5.11 Å². The van der Waals surface area contributed by atoms with Crippen molar-refractivity contribution in [3.05, 3.63) is 42.2 Å². The molecule has 9 heteroatoms. The average molecular weight is 327 g/mol. The molecule has 2 rings (SSSR count). The highest BCUT2D eigenvalue weighted by atomic mass is 32.2. The maximum Gasteiger partial charge on any atom is 0.410 e. The van der Waals surface area contributed by atoms with Gasteiger partial charge >= 0.3 is 6.09 Å². The summed E-state index contributed by atoms with van der Waals surface area (Å²) in [5.41, 5.74) is 0.694. The third-order valence-corrected chi connectivity index (χ3v) is 3.73. The number of sulfone groups is 1. The minimum atomic E-state index is -3.13. The number of rotatable bonds is 6. The molecule has 1 heterocycles. The van der Waals surface area contributed by atoms with Crippen LogP contribution in [0.3, 0.4) is 0 Å². The summed E-state index contributed by atoms with van der Waals surface area (Å²) in [4.78, 5) is 16.3. The Hall–Kier alpha value is -2.10. The molecular weight excluding hydrogens is 310 g/mol. The Bertz CT molecular complexity index is 660. The van der Waals surface area contributed by atoms with Crippen molar-refractivity contribution in [1.29, 1.82) is 0 Å². The summed E-state index contributed by atoms with van der Waals surface area (Å²) in [5.74, 6) is 0.214. The van der Waals surface area contributed by atoms with Crippen LogP contribution in [-0.4, -0.2) is 50.0 Å². The highest BCUT2D eigenvalue weighted by Crippen LogP contribution is 2.24. The van der Waals surface area contributed by atoms with Crippen LogP contribution in [0.4, 0.5) is 10.5 Å². The summed E-state index contributed by atoms with van der Waals surface area (Å²) in [6, 6.07) is 9.02. The normalized spacial score (nSPS) is 15.7. The Morgan fingerprint density at radius 2 is 2.05 bits per heavy atom. The molecular formula is C13H17N3O5S. The topological polar surface area (TPSA) is 99.2 Å². The van der Waals surface area contributed by atoms with Crippen LogP contribution in [0, 0.1) is 0 Å². The number of hydrogen-bond acceptors (Lipinski definition) is 6. The summed E-state index contributed by atoms with van der Waals surface area (Å²) < 4.78 is 22.3. The number of nitrogens with zero attached hydrogens (tertiary/aromatic N) is 2. The summed E-state index contributed by atoms with van der Waals surface area (Å²) in [6.07, 6.45) is 1.58. The van der Waals surface area contributed by atoms with Crippen molar-refractivity contribution in [1.82, 2.24) is 10.5 Å². The van der Waals surface area contributed by atoms with Crippen LogP contribution < -0.4 is 10.3 Å². The largest absolute Gasteiger partial charge is 0.465 e. The second-order valence-electron chi connectivity index (χ2n) is 4.66. The van der Waals surface area contributed by atoms with E-state index in [0.29, 0.717) is 18.1 Å². The van der Waals surface area contributed by atoms with Crippen molar-refractivity contribution in [2.24, 2.45) is 0 Å². The number of para-hydroxylation sites is 1. The van der Waals surface area contributed by atoms with E-state index >= 15 is 0 Å². The lowest BCUT2D eigenvalue weighted by Gasteiger charge is -2.30. The van der Waals surface area contributed by atoms with E-state index in [2.05, 4.69) is 5.32 Å². The third kappa shape index (κ3) is 4.45. The van der Waals surface area contributed by atoms with Crippen LogP contribution >= 0.6 is 0 Å². The van der Waals surface area contributed by atoms with Crippen LogP contribution in [0.15, 0.2) is 42.2 Å². The number of anilines is 1. The van der Waals surface area contributed by atoms with Gasteiger partial charge in [0.15, 0.2) is 0 Å². The number of carboxylic acid groups (broad SMARTS) is 1. The minimum absolute atomic E-state index is 0.0175. The van der Waals surface area contributed by atoms with E-state index in [-0.39, 0.29) is 12.4 Å². The van der Waals surface area contributed by atoms with E-state index in [1.165, 1.54) is 10.2 Å². The average Bonchev–Trinajstić information content (AvgIpc) is 2.80. The molecule has 0 fully saturated rings. The third-order valence-electron chi connectivity index (χ3n) is 2.82. The zero-order valence-electron chi connectivity index (χ0n) is 12.0. The predicted octanol–water partition coefficient (Wildman–Crippen LogP) is 0.809. The summed E-state index contributed by atoms with van der Waals surface area (Å²) in [6.45, 7) is 0.282. The fourth-order valence-electron chi connectivity index (χ4n) is 1.91. The number of amides is 1. The molecule has 0 aliphatic carbocycles. The van der Waals surface area contributed by atoms with Gasteiger partial charge in [0.25, 0.3) is 0 Å². The highest BCUT2D eigenvalue weighted by Gasteiger charge is 2.27. The van der Waals surface area contributed by atoms with Crippen LogP contribution in [-0.2, 0) is 14.7 Å². The molecule has 0 saturated heterocycles. The summed E-state index contributed by atoms with van der Waals surface area (Å²) >= 11 is 0. The lowest BCUT2D eigenvalue weighted by atomic mass is 10.3. The number of hydroxylamine groups is 1. The van der Waals surface area contributed by atoms with Gasteiger partial charge in [0.05, 0.1) is 24.6 Å². The standard InChI is InChI=1S/C13H17N3O5S/c1-22(19,20)10-9-21-15-8-7-12(14-13(17)18)16(15)11-5-3-2-4-6-11/h2-7,14H,8-10H2,1H3,(H,17,18). The Kier molecular flexibility index (Phi) is 5.01. The Labute approximate surface area is 128 Å². The first kappa shape index (κ1) is 16.3. The molecule has 1 aliphatic heterocycles. The van der Waals surface area contributed by atoms with Gasteiger partial charge in [-0.25, -0.2) is 18.2 Å². The van der Waals surface area contributed by atoms with Crippen molar-refractivity contribution in [3.63, 3.8) is 0 Å². The zero-order chi connectivity index (χ0) is 16.2. The number of benzene rings is 1. The Balaban J connectivity index is 2.11. The SMILES string of the molecule is CS(=O)(=O)CCON1CC=C(NC(=O)O)N1c1ccccc1. The van der Waals surface area contributed by atoms with Gasteiger partial charge in [0, 0.05) is 6.26 Å². The van der Waals surface area contributed by atoms with Crippen molar-refractivity contribution < 1.29 is 23.2 Å². The molecule has 0 saturated carbocycles. The molecule has 2 N–H and O–H groups in total. The number of nitrogens with one attached hydrogen (secondary N) is 1. The maximum atomic E-state index is 11.2. The summed E-state index contributed by atoms with van der Waals surface area (Å²) in [7, 11) is -3.13. The highest BCUT2D eigenvalue weighted by molar-refractivity contribution is 7.90. The maximum absolute atomic E-state index is 11.2. The molecule has 1 amide bonds. The molecule has 0 aromatic heterocycles. The van der Waals surface area contributed by atoms with E-state index in [0.717, 1.165) is 6.26 Å². The molecule has 8 nitrogen and oxygen atoms in total. The molecule has 120 valence electrons. The van der Waals surface area contributed by atoms with Crippen LogP contribution in [0.5, 0.6) is 0 Å². The number of hydrazine groups is 1. The monoisotopic (exact) mass is 327 g/mol. The zero-order valence-corrected chi connectivity index (χ0v) is 12.8. The van der Waals surface area contributed by atoms with Gasteiger partial charge in [-0.3, -0.25) is 10.2 Å². The molecule has 1 aromatic carbocycles. The van der Waals surface area contributed by atoms with Crippen molar-refractivity contribution >= 4 is 21.6 Å². The molecule has 0 spiro atoms. The van der Waals surface area contributed by atoms with Gasteiger partial charge in [-0.15, -0.1) is 0 Å². The predicted molar refractivity (Wildman–Crippen MR) is 80.5 cm³/mol. The first-order chi connectivity index (χ1) is 10.4. The summed E-state index contributed by atoms with van der Waals surface area (Å²) in [5, 5.41) is 14.1. The Morgan fingerprint density at radius 1 is 1.36 bits per heavy atom. The number of carbonyl (C=O) groups is 1. The molecule has 1 aliphatic rings. The molecule has 0 bridgehead atoms. The molecule has 0 unspecified atom stereocenters. The molecule has 22 heavy (non-hydrogen) atoms. The van der Waals surface area contributed by atoms with Crippen LogP contribution in [0.2, 0.25) is 0 Å². The van der Waals surface area contributed by atoms with E-state index in [4.69, 9.17) is 9.94 Å². The van der Waals surface area contributed by atoms with Gasteiger partial charge in [-0.1, -0.05) is 23.4 Å². The van der Waals surface area contributed by atoms with Crippen molar-refractivity contribution in [2.45, 2.75) is 0 Å². The molecule has 1 aromatic rings. The van der Waals surface area contributed by atoms with Crippen LogP contribution in [0.1, 0.15) is 0 Å². The van der Waals surface area contributed by atoms with Crippen molar-refractivity contribution in [3.8, 4) is 0 Å². The van der Waals surface area contributed by atoms with Crippen LogP contribution in [0.25, 0.3) is 0 Å². The van der Waals surface area contributed by atoms with E-state index < -0.39 is 15.9 Å². The lowest BCUT2D eigenvalue weighted by molar-refractivity contribution is -0.143. The Morgan fingerprint density at radius 3 is 2.64 bits per heavy atom. The first-order valence-electron chi connectivity index (χ1n) is 6.50. The second kappa shape index (κ2) is 6.77. The first-order valence-corrected chi connectivity index (χ1v) is 8.56. The van der Waals surface area contributed by atoms with Gasteiger partial charge in [0.1, 0.15) is 15.7 Å². The molecule has 0 atom stereocenters. The fraction of sp³-hybridized carbons (Fsp3) is 0.308. The number of hydrogen-bond donors (Lipinski definition) is 2. The minimum Gasteiger partial charge on any atom is -0.465 e. The second-order valence-corrected chi connectivity index (χ2v) is 6.92. The van der Waals surface area contributed by atoms with Gasteiger partial charge in [0.2, 0.25) is 0 Å². The van der Waals surface area contributed by atoms with E-state index in [1.807, 2.05) is 6.07 Å².